The van der Waals surface area contributed by atoms with Crippen LogP contribution in [0.25, 0.3) is 0 Å². The van der Waals surface area contributed by atoms with E-state index in [9.17, 15) is 9.90 Å². The zero-order chi connectivity index (χ0) is 10.3. The van der Waals surface area contributed by atoms with Crippen LogP contribution in [-0.2, 0) is 4.79 Å². The first-order valence-electron chi connectivity index (χ1n) is 4.52. The van der Waals surface area contributed by atoms with Gasteiger partial charge in [0.1, 0.15) is 5.60 Å². The highest BCUT2D eigenvalue weighted by Crippen LogP contribution is 2.17. The van der Waals surface area contributed by atoms with Crippen LogP contribution < -0.4 is 0 Å². The van der Waals surface area contributed by atoms with Crippen molar-refractivity contribution < 1.29 is 15.0 Å². The molecular formula is C10H16O3. The van der Waals surface area contributed by atoms with Crippen molar-refractivity contribution in [2.75, 3.05) is 0 Å². The van der Waals surface area contributed by atoms with Gasteiger partial charge >= 0.3 is 5.97 Å². The van der Waals surface area contributed by atoms with Crippen molar-refractivity contribution in [3.63, 3.8) is 0 Å². The van der Waals surface area contributed by atoms with Gasteiger partial charge in [0.2, 0.25) is 0 Å². The number of carboxylic acids is 1. The summed E-state index contributed by atoms with van der Waals surface area (Å²) in [4.78, 5) is 10.2. The van der Waals surface area contributed by atoms with Crippen LogP contribution in [0, 0.1) is 11.8 Å². The zero-order valence-electron chi connectivity index (χ0n) is 8.13. The fourth-order valence-electron chi connectivity index (χ4n) is 1.25. The minimum Gasteiger partial charge on any atom is -0.472 e. The third kappa shape index (κ3) is 5.26. The van der Waals surface area contributed by atoms with Crippen molar-refractivity contribution in [2.45, 2.75) is 45.1 Å². The molecule has 2 N–H and O–H groups in total. The van der Waals surface area contributed by atoms with Crippen molar-refractivity contribution in [3.8, 4) is 11.8 Å². The molecule has 0 heterocycles. The highest BCUT2D eigenvalue weighted by Gasteiger charge is 2.21. The molecule has 0 aromatic heterocycles. The summed E-state index contributed by atoms with van der Waals surface area (Å²) in [7, 11) is 0. The summed E-state index contributed by atoms with van der Waals surface area (Å²) in [6.45, 7) is 3.87. The molecule has 0 spiro atoms. The SMILES string of the molecule is CCCC(O)(C#CC(=O)O)CCC. The lowest BCUT2D eigenvalue weighted by molar-refractivity contribution is -0.130. The van der Waals surface area contributed by atoms with Crippen LogP contribution >= 0.6 is 0 Å². The Labute approximate surface area is 78.8 Å². The van der Waals surface area contributed by atoms with Crippen LogP contribution in [0.5, 0.6) is 0 Å². The van der Waals surface area contributed by atoms with Crippen LogP contribution in [0.3, 0.4) is 0 Å². The zero-order valence-corrected chi connectivity index (χ0v) is 8.13. The lowest BCUT2D eigenvalue weighted by Gasteiger charge is -2.20. The maximum Gasteiger partial charge on any atom is 0.382 e. The molecule has 3 nitrogen and oxygen atoms in total. The number of hydrogen-bond donors (Lipinski definition) is 2. The van der Waals surface area contributed by atoms with Gasteiger partial charge in [-0.05, 0) is 12.8 Å². The Bertz CT molecular complexity index is 216. The van der Waals surface area contributed by atoms with Gasteiger partial charge < -0.3 is 10.2 Å². The maximum absolute atomic E-state index is 10.2. The average Bonchev–Trinajstić information content (AvgIpc) is 2.02. The topological polar surface area (TPSA) is 57.5 Å². The monoisotopic (exact) mass is 184 g/mol. The third-order valence-electron chi connectivity index (χ3n) is 1.73. The highest BCUT2D eigenvalue weighted by molar-refractivity contribution is 5.86. The van der Waals surface area contributed by atoms with Gasteiger partial charge in [-0.15, -0.1) is 0 Å². The lowest BCUT2D eigenvalue weighted by Crippen LogP contribution is -2.26. The van der Waals surface area contributed by atoms with Gasteiger partial charge in [-0.1, -0.05) is 32.6 Å². The minimum atomic E-state index is -1.19. The number of hydrogen-bond acceptors (Lipinski definition) is 2. The first-order valence-corrected chi connectivity index (χ1v) is 4.52. The minimum absolute atomic E-state index is 0.529. The number of aliphatic carboxylic acids is 1. The van der Waals surface area contributed by atoms with Crippen LogP contribution in [0.2, 0.25) is 0 Å². The summed E-state index contributed by atoms with van der Waals surface area (Å²) >= 11 is 0. The molecule has 3 heteroatoms. The number of carboxylic acid groups (broad SMARTS) is 1. The van der Waals surface area contributed by atoms with Crippen LogP contribution in [0.4, 0.5) is 0 Å². The molecule has 0 saturated heterocycles. The summed E-state index contributed by atoms with van der Waals surface area (Å²) in [6.07, 6.45) is 2.65. The molecule has 0 aromatic carbocycles. The molecule has 13 heavy (non-hydrogen) atoms. The first kappa shape index (κ1) is 12.0. The third-order valence-corrected chi connectivity index (χ3v) is 1.73. The first-order chi connectivity index (χ1) is 6.04. The van der Waals surface area contributed by atoms with E-state index in [0.717, 1.165) is 12.8 Å². The van der Waals surface area contributed by atoms with E-state index in [4.69, 9.17) is 5.11 Å². The second kappa shape index (κ2) is 5.60. The van der Waals surface area contributed by atoms with Crippen molar-refractivity contribution in [1.82, 2.24) is 0 Å². The van der Waals surface area contributed by atoms with E-state index in [-0.39, 0.29) is 0 Å². The van der Waals surface area contributed by atoms with Gasteiger partial charge in [0.25, 0.3) is 0 Å². The maximum atomic E-state index is 10.2. The second-order valence-electron chi connectivity index (χ2n) is 3.09. The van der Waals surface area contributed by atoms with Gasteiger partial charge in [-0.25, -0.2) is 4.79 Å². The van der Waals surface area contributed by atoms with E-state index in [1.54, 1.807) is 0 Å². The summed E-state index contributed by atoms with van der Waals surface area (Å²) < 4.78 is 0. The molecule has 0 aromatic rings. The highest BCUT2D eigenvalue weighted by atomic mass is 16.4. The van der Waals surface area contributed by atoms with Gasteiger partial charge in [0, 0.05) is 5.92 Å². The summed E-state index contributed by atoms with van der Waals surface area (Å²) in [5.41, 5.74) is -1.11. The molecule has 0 aliphatic heterocycles. The Balaban J connectivity index is 4.42. The van der Waals surface area contributed by atoms with E-state index in [2.05, 4.69) is 5.92 Å². The molecule has 0 radical (unpaired) electrons. The Hall–Kier alpha value is -1.01. The fraction of sp³-hybridized carbons (Fsp3) is 0.700. The van der Waals surface area contributed by atoms with Crippen LogP contribution in [0.15, 0.2) is 0 Å². The summed E-state index contributed by atoms with van der Waals surface area (Å²) in [5.74, 6) is 3.19. The van der Waals surface area contributed by atoms with Crippen LogP contribution in [-0.4, -0.2) is 21.8 Å². The normalized spacial score (nSPS) is 10.4. The number of rotatable bonds is 4. The second-order valence-corrected chi connectivity index (χ2v) is 3.09. The predicted molar refractivity (Wildman–Crippen MR) is 50.2 cm³/mol. The quantitative estimate of drug-likeness (QED) is 0.649. The van der Waals surface area contributed by atoms with Crippen molar-refractivity contribution in [3.05, 3.63) is 0 Å². The van der Waals surface area contributed by atoms with E-state index in [1.165, 1.54) is 0 Å². The summed E-state index contributed by atoms with van der Waals surface area (Å²) in [6, 6.07) is 0. The molecular weight excluding hydrogens is 168 g/mol. The predicted octanol–water partition coefficient (Wildman–Crippen LogP) is 1.41. The van der Waals surface area contributed by atoms with E-state index in [1.807, 2.05) is 19.8 Å². The van der Waals surface area contributed by atoms with Gasteiger partial charge in [0.15, 0.2) is 0 Å². The standard InChI is InChI=1S/C10H16O3/c1-3-6-10(13,7-4-2)8-5-9(11)12/h13H,3-4,6-7H2,1-2H3,(H,11,12). The Morgan fingerprint density at radius 2 is 1.77 bits per heavy atom. The molecule has 0 amide bonds. The molecule has 0 rings (SSSR count). The van der Waals surface area contributed by atoms with E-state index in [0.29, 0.717) is 12.8 Å². The Morgan fingerprint density at radius 1 is 1.31 bits per heavy atom. The lowest BCUT2D eigenvalue weighted by atomic mass is 9.93. The molecule has 0 aliphatic rings. The molecule has 0 bridgehead atoms. The average molecular weight is 184 g/mol. The van der Waals surface area contributed by atoms with Gasteiger partial charge in [-0.2, -0.15) is 0 Å². The molecule has 0 fully saturated rings. The molecule has 0 saturated carbocycles. The Kier molecular flexibility index (Phi) is 5.17. The molecule has 0 atom stereocenters. The smallest absolute Gasteiger partial charge is 0.382 e. The molecule has 0 aliphatic carbocycles. The Morgan fingerprint density at radius 3 is 2.08 bits per heavy atom. The number of aliphatic hydroxyl groups is 1. The van der Waals surface area contributed by atoms with Crippen molar-refractivity contribution in [2.24, 2.45) is 0 Å². The van der Waals surface area contributed by atoms with Crippen LogP contribution in [0.1, 0.15) is 39.5 Å². The van der Waals surface area contributed by atoms with Crippen molar-refractivity contribution >= 4 is 5.97 Å². The van der Waals surface area contributed by atoms with E-state index >= 15 is 0 Å². The van der Waals surface area contributed by atoms with E-state index < -0.39 is 11.6 Å². The summed E-state index contributed by atoms with van der Waals surface area (Å²) in [5, 5.41) is 18.2. The molecule has 0 unspecified atom stereocenters. The van der Waals surface area contributed by atoms with Crippen molar-refractivity contribution in [1.29, 1.82) is 0 Å². The van der Waals surface area contributed by atoms with Gasteiger partial charge in [-0.3, -0.25) is 0 Å². The van der Waals surface area contributed by atoms with Gasteiger partial charge in [0.05, 0.1) is 0 Å². The largest absolute Gasteiger partial charge is 0.472 e. The molecule has 74 valence electrons. The fourth-order valence-corrected chi connectivity index (χ4v) is 1.25. The number of carbonyl (C=O) groups is 1.